The number of nitrogens with zero attached hydrogens (tertiary/aromatic N) is 1. The minimum absolute atomic E-state index is 0.198. The summed E-state index contributed by atoms with van der Waals surface area (Å²) in [4.78, 5) is 2.38. The fourth-order valence-corrected chi connectivity index (χ4v) is 3.23. The zero-order valence-electron chi connectivity index (χ0n) is 13.0. The average Bonchev–Trinajstić information content (AvgIpc) is 2.63. The second-order valence-corrected chi connectivity index (χ2v) is 6.96. The van der Waals surface area contributed by atoms with Gasteiger partial charge in [-0.1, -0.05) is 20.8 Å². The predicted octanol–water partition coefficient (Wildman–Crippen LogP) is 3.94. The minimum atomic E-state index is -0.198. The Morgan fingerprint density at radius 2 is 2.00 bits per heavy atom. The van der Waals surface area contributed by atoms with Crippen molar-refractivity contribution < 1.29 is 4.39 Å². The Hall–Kier alpha value is -1.09. The van der Waals surface area contributed by atoms with E-state index in [2.05, 4.69) is 25.7 Å². The third-order valence-corrected chi connectivity index (χ3v) is 4.55. The second kappa shape index (κ2) is 6.13. The van der Waals surface area contributed by atoms with Gasteiger partial charge in [0.25, 0.3) is 0 Å². The molecule has 1 aliphatic rings. The van der Waals surface area contributed by atoms with Crippen LogP contribution in [-0.2, 0) is 6.54 Å². The highest BCUT2D eigenvalue weighted by Gasteiger charge is 2.27. The Morgan fingerprint density at radius 1 is 1.25 bits per heavy atom. The summed E-state index contributed by atoms with van der Waals surface area (Å²) < 4.78 is 13.3. The van der Waals surface area contributed by atoms with Gasteiger partial charge in [-0.3, -0.25) is 0 Å². The molecule has 0 aliphatic carbocycles. The maximum absolute atomic E-state index is 13.3. The van der Waals surface area contributed by atoms with Crippen LogP contribution in [0.4, 0.5) is 10.1 Å². The van der Waals surface area contributed by atoms with Gasteiger partial charge >= 0.3 is 0 Å². The summed E-state index contributed by atoms with van der Waals surface area (Å²) in [6.07, 6.45) is 3.67. The van der Waals surface area contributed by atoms with E-state index in [1.165, 1.54) is 19.3 Å². The van der Waals surface area contributed by atoms with Crippen molar-refractivity contribution in [2.45, 2.75) is 46.6 Å². The Balaban J connectivity index is 2.15. The normalized spacial score (nSPS) is 20.9. The average molecular weight is 278 g/mol. The molecule has 1 aliphatic heterocycles. The third kappa shape index (κ3) is 3.51. The van der Waals surface area contributed by atoms with E-state index in [-0.39, 0.29) is 5.82 Å². The van der Waals surface area contributed by atoms with Crippen molar-refractivity contribution in [1.82, 2.24) is 0 Å². The Morgan fingerprint density at radius 3 is 2.65 bits per heavy atom. The Labute approximate surface area is 122 Å². The summed E-state index contributed by atoms with van der Waals surface area (Å²) in [5, 5.41) is 0. The number of hydrogen-bond acceptors (Lipinski definition) is 2. The van der Waals surface area contributed by atoms with Crippen molar-refractivity contribution in [2.24, 2.45) is 17.1 Å². The first kappa shape index (κ1) is 15.3. The standard InChI is InChI=1S/C17H27FN2/c1-17(2,3)14-5-4-9-20(10-8-14)16-7-6-15(18)11-13(16)12-19/h6-7,11,14H,4-5,8-10,12,19H2,1-3H3. The SMILES string of the molecule is CC(C)(C)C1CCCN(c2ccc(F)cc2CN)CC1. The third-order valence-electron chi connectivity index (χ3n) is 4.55. The molecule has 3 heteroatoms. The number of anilines is 1. The lowest BCUT2D eigenvalue weighted by Crippen LogP contribution is -2.27. The van der Waals surface area contributed by atoms with Crippen LogP contribution >= 0.6 is 0 Å². The van der Waals surface area contributed by atoms with E-state index in [1.807, 2.05) is 6.07 Å². The van der Waals surface area contributed by atoms with Gasteiger partial charge in [0.15, 0.2) is 0 Å². The molecule has 1 fully saturated rings. The summed E-state index contributed by atoms with van der Waals surface area (Å²) in [5.41, 5.74) is 8.17. The van der Waals surface area contributed by atoms with Gasteiger partial charge in [-0.25, -0.2) is 4.39 Å². The van der Waals surface area contributed by atoms with Crippen molar-refractivity contribution in [2.75, 3.05) is 18.0 Å². The highest BCUT2D eigenvalue weighted by molar-refractivity contribution is 5.54. The van der Waals surface area contributed by atoms with Gasteiger partial charge < -0.3 is 10.6 Å². The van der Waals surface area contributed by atoms with E-state index < -0.39 is 0 Å². The van der Waals surface area contributed by atoms with Gasteiger partial charge in [0.2, 0.25) is 0 Å². The van der Waals surface area contributed by atoms with Crippen molar-refractivity contribution in [3.8, 4) is 0 Å². The molecule has 0 spiro atoms. The summed E-state index contributed by atoms with van der Waals surface area (Å²) in [6, 6.07) is 5.00. The largest absolute Gasteiger partial charge is 0.371 e. The second-order valence-electron chi connectivity index (χ2n) is 6.96. The van der Waals surface area contributed by atoms with Crippen LogP contribution in [0.1, 0.15) is 45.6 Å². The molecule has 2 N–H and O–H groups in total. The monoisotopic (exact) mass is 278 g/mol. The van der Waals surface area contributed by atoms with Crippen LogP contribution in [0.15, 0.2) is 18.2 Å². The van der Waals surface area contributed by atoms with Crippen LogP contribution in [-0.4, -0.2) is 13.1 Å². The summed E-state index contributed by atoms with van der Waals surface area (Å²) in [6.45, 7) is 9.47. The number of halogens is 1. The first-order chi connectivity index (χ1) is 9.41. The van der Waals surface area contributed by atoms with Crippen LogP contribution in [0, 0.1) is 17.2 Å². The lowest BCUT2D eigenvalue weighted by molar-refractivity contribution is 0.220. The molecule has 0 bridgehead atoms. The Bertz CT molecular complexity index is 451. The lowest BCUT2D eigenvalue weighted by atomic mass is 9.77. The summed E-state index contributed by atoms with van der Waals surface area (Å²) in [7, 11) is 0. The topological polar surface area (TPSA) is 29.3 Å². The molecule has 0 saturated carbocycles. The smallest absolute Gasteiger partial charge is 0.123 e. The van der Waals surface area contributed by atoms with E-state index in [9.17, 15) is 4.39 Å². The van der Waals surface area contributed by atoms with Crippen LogP contribution in [0.25, 0.3) is 0 Å². The van der Waals surface area contributed by atoms with Gasteiger partial charge in [0.05, 0.1) is 0 Å². The van der Waals surface area contributed by atoms with E-state index in [0.29, 0.717) is 12.0 Å². The molecular weight excluding hydrogens is 251 g/mol. The summed E-state index contributed by atoms with van der Waals surface area (Å²) in [5.74, 6) is 0.561. The van der Waals surface area contributed by atoms with Crippen LogP contribution in [0.5, 0.6) is 0 Å². The number of nitrogens with two attached hydrogens (primary N) is 1. The van der Waals surface area contributed by atoms with E-state index in [4.69, 9.17) is 5.73 Å². The highest BCUT2D eigenvalue weighted by Crippen LogP contribution is 2.35. The van der Waals surface area contributed by atoms with Crippen LogP contribution < -0.4 is 10.6 Å². The molecule has 1 atom stereocenters. The minimum Gasteiger partial charge on any atom is -0.371 e. The van der Waals surface area contributed by atoms with Gasteiger partial charge in [-0.2, -0.15) is 0 Å². The molecule has 0 radical (unpaired) electrons. The van der Waals surface area contributed by atoms with E-state index >= 15 is 0 Å². The van der Waals surface area contributed by atoms with Gasteiger partial charge in [-0.15, -0.1) is 0 Å². The highest BCUT2D eigenvalue weighted by atomic mass is 19.1. The zero-order chi connectivity index (χ0) is 14.8. The van der Waals surface area contributed by atoms with Crippen LogP contribution in [0.2, 0.25) is 0 Å². The first-order valence-corrected chi connectivity index (χ1v) is 7.65. The van der Waals surface area contributed by atoms with Gasteiger partial charge in [0, 0.05) is 25.3 Å². The van der Waals surface area contributed by atoms with Crippen molar-refractivity contribution in [3.63, 3.8) is 0 Å². The molecule has 2 rings (SSSR count). The quantitative estimate of drug-likeness (QED) is 0.888. The molecule has 1 saturated heterocycles. The molecule has 0 amide bonds. The molecule has 20 heavy (non-hydrogen) atoms. The van der Waals surface area contributed by atoms with Crippen molar-refractivity contribution in [3.05, 3.63) is 29.6 Å². The molecule has 1 aromatic rings. The van der Waals surface area contributed by atoms with Crippen molar-refractivity contribution >= 4 is 5.69 Å². The number of rotatable bonds is 2. The summed E-state index contributed by atoms with van der Waals surface area (Å²) >= 11 is 0. The van der Waals surface area contributed by atoms with Gasteiger partial charge in [-0.05, 0) is 54.4 Å². The van der Waals surface area contributed by atoms with E-state index in [1.54, 1.807) is 12.1 Å². The molecule has 1 heterocycles. The van der Waals surface area contributed by atoms with Crippen molar-refractivity contribution in [1.29, 1.82) is 0 Å². The van der Waals surface area contributed by atoms with Crippen LogP contribution in [0.3, 0.4) is 0 Å². The predicted molar refractivity (Wildman–Crippen MR) is 83.3 cm³/mol. The first-order valence-electron chi connectivity index (χ1n) is 7.65. The molecule has 1 aromatic carbocycles. The van der Waals surface area contributed by atoms with Gasteiger partial charge in [0.1, 0.15) is 5.82 Å². The maximum Gasteiger partial charge on any atom is 0.123 e. The molecule has 2 nitrogen and oxygen atoms in total. The molecule has 1 unspecified atom stereocenters. The molecule has 112 valence electrons. The molecule has 0 aromatic heterocycles. The Kier molecular flexibility index (Phi) is 4.69. The fourth-order valence-electron chi connectivity index (χ4n) is 3.23. The lowest BCUT2D eigenvalue weighted by Gasteiger charge is -2.30. The zero-order valence-corrected chi connectivity index (χ0v) is 13.0. The number of benzene rings is 1. The van der Waals surface area contributed by atoms with E-state index in [0.717, 1.165) is 30.3 Å². The maximum atomic E-state index is 13.3. The molecular formula is C17H27FN2. The number of hydrogen-bond donors (Lipinski definition) is 1. The fraction of sp³-hybridized carbons (Fsp3) is 0.647.